The molecule has 76 valence electrons. The number of anilines is 1. The minimum atomic E-state index is 0.475. The fourth-order valence-electron chi connectivity index (χ4n) is 1.16. The lowest BCUT2D eigenvalue weighted by molar-refractivity contribution is 0.185. The first-order valence-electron chi connectivity index (χ1n) is 4.35. The van der Waals surface area contributed by atoms with Crippen LogP contribution in [0.2, 0.25) is 0 Å². The lowest BCUT2D eigenvalue weighted by Gasteiger charge is -2.07. The summed E-state index contributed by atoms with van der Waals surface area (Å²) in [5.74, 6) is 0.519. The Hall–Kier alpha value is -1.55. The second-order valence-electron chi connectivity index (χ2n) is 2.82. The SMILES string of the molecule is CNC=Cc1ccnc(N)c1COC. The van der Waals surface area contributed by atoms with E-state index in [9.17, 15) is 0 Å². The van der Waals surface area contributed by atoms with E-state index in [1.807, 2.05) is 25.4 Å². The average molecular weight is 193 g/mol. The molecule has 0 atom stereocenters. The second-order valence-corrected chi connectivity index (χ2v) is 2.82. The first-order chi connectivity index (χ1) is 6.79. The van der Waals surface area contributed by atoms with Gasteiger partial charge in [-0.2, -0.15) is 0 Å². The van der Waals surface area contributed by atoms with Gasteiger partial charge in [0.2, 0.25) is 0 Å². The van der Waals surface area contributed by atoms with Crippen LogP contribution in [0.3, 0.4) is 0 Å². The van der Waals surface area contributed by atoms with Crippen LogP contribution in [0.1, 0.15) is 11.1 Å². The van der Waals surface area contributed by atoms with Crippen molar-refractivity contribution in [2.75, 3.05) is 19.9 Å². The molecule has 1 rings (SSSR count). The number of nitrogens with one attached hydrogen (secondary N) is 1. The number of methoxy groups -OCH3 is 1. The number of ether oxygens (including phenoxy) is 1. The summed E-state index contributed by atoms with van der Waals surface area (Å²) in [7, 11) is 3.48. The molecule has 0 spiro atoms. The van der Waals surface area contributed by atoms with Gasteiger partial charge < -0.3 is 15.8 Å². The van der Waals surface area contributed by atoms with Gasteiger partial charge in [-0.25, -0.2) is 4.98 Å². The molecule has 0 saturated carbocycles. The predicted molar refractivity (Wildman–Crippen MR) is 57.5 cm³/mol. The number of nitrogens with zero attached hydrogens (tertiary/aromatic N) is 1. The van der Waals surface area contributed by atoms with Crippen molar-refractivity contribution in [2.24, 2.45) is 0 Å². The zero-order valence-electron chi connectivity index (χ0n) is 8.45. The quantitative estimate of drug-likeness (QED) is 0.749. The molecule has 4 nitrogen and oxygen atoms in total. The maximum atomic E-state index is 5.73. The topological polar surface area (TPSA) is 60.2 Å². The van der Waals surface area contributed by atoms with E-state index in [0.29, 0.717) is 12.4 Å². The molecule has 0 aliphatic heterocycles. The molecule has 3 N–H and O–H groups in total. The molecule has 1 aromatic rings. The van der Waals surface area contributed by atoms with Crippen molar-refractivity contribution in [3.05, 3.63) is 29.6 Å². The summed E-state index contributed by atoms with van der Waals surface area (Å²) in [4.78, 5) is 4.01. The highest BCUT2D eigenvalue weighted by Crippen LogP contribution is 2.16. The minimum absolute atomic E-state index is 0.475. The van der Waals surface area contributed by atoms with Crippen LogP contribution >= 0.6 is 0 Å². The Balaban J connectivity index is 3.01. The molecule has 0 bridgehead atoms. The van der Waals surface area contributed by atoms with Crippen LogP contribution in [-0.2, 0) is 11.3 Å². The highest BCUT2D eigenvalue weighted by molar-refractivity contribution is 5.59. The monoisotopic (exact) mass is 193 g/mol. The smallest absolute Gasteiger partial charge is 0.129 e. The average Bonchev–Trinajstić information content (AvgIpc) is 2.19. The van der Waals surface area contributed by atoms with Gasteiger partial charge in [0.05, 0.1) is 6.61 Å². The molecule has 4 heteroatoms. The van der Waals surface area contributed by atoms with Crippen molar-refractivity contribution in [3.63, 3.8) is 0 Å². The van der Waals surface area contributed by atoms with Crippen LogP contribution in [0.15, 0.2) is 18.5 Å². The van der Waals surface area contributed by atoms with E-state index in [-0.39, 0.29) is 0 Å². The normalized spacial score (nSPS) is 10.7. The third-order valence-electron chi connectivity index (χ3n) is 1.84. The molecule has 0 aliphatic rings. The lowest BCUT2D eigenvalue weighted by atomic mass is 10.1. The largest absolute Gasteiger partial charge is 0.394 e. The van der Waals surface area contributed by atoms with Gasteiger partial charge in [-0.1, -0.05) is 0 Å². The number of pyridine rings is 1. The van der Waals surface area contributed by atoms with Gasteiger partial charge >= 0.3 is 0 Å². The number of rotatable bonds is 4. The molecule has 0 radical (unpaired) electrons. The Bertz CT molecular complexity index is 323. The zero-order valence-corrected chi connectivity index (χ0v) is 8.45. The maximum Gasteiger partial charge on any atom is 0.129 e. The molecule has 0 unspecified atom stereocenters. The fourth-order valence-corrected chi connectivity index (χ4v) is 1.16. The summed E-state index contributed by atoms with van der Waals surface area (Å²) in [6.07, 6.45) is 5.46. The highest BCUT2D eigenvalue weighted by Gasteiger charge is 2.03. The Labute approximate surface area is 83.8 Å². The molecular formula is C10H15N3O. The zero-order chi connectivity index (χ0) is 10.4. The summed E-state index contributed by atoms with van der Waals surface area (Å²) in [6.45, 7) is 0.475. The number of aromatic nitrogens is 1. The molecule has 1 heterocycles. The molecular weight excluding hydrogens is 178 g/mol. The van der Waals surface area contributed by atoms with Crippen molar-refractivity contribution in [1.82, 2.24) is 10.3 Å². The van der Waals surface area contributed by atoms with Crippen molar-refractivity contribution in [3.8, 4) is 0 Å². The molecule has 0 fully saturated rings. The summed E-state index contributed by atoms with van der Waals surface area (Å²) in [6, 6.07) is 1.90. The molecule has 14 heavy (non-hydrogen) atoms. The number of hydrogen-bond donors (Lipinski definition) is 2. The Morgan fingerprint density at radius 3 is 3.07 bits per heavy atom. The summed E-state index contributed by atoms with van der Waals surface area (Å²) >= 11 is 0. The third kappa shape index (κ3) is 2.47. The standard InChI is InChI=1S/C10H15N3O/c1-12-5-3-8-4-6-13-10(11)9(8)7-14-2/h3-6,12H,7H2,1-2H3,(H2,11,13). The van der Waals surface area contributed by atoms with Gasteiger partial charge in [-0.3, -0.25) is 0 Å². The van der Waals surface area contributed by atoms with E-state index in [1.54, 1.807) is 13.3 Å². The Kier molecular flexibility index (Phi) is 3.94. The third-order valence-corrected chi connectivity index (χ3v) is 1.84. The first-order valence-corrected chi connectivity index (χ1v) is 4.35. The van der Waals surface area contributed by atoms with E-state index < -0.39 is 0 Å². The number of nitrogen functional groups attached to an aromatic ring is 1. The lowest BCUT2D eigenvalue weighted by Crippen LogP contribution is -2.02. The van der Waals surface area contributed by atoms with Gasteiger partial charge in [0.25, 0.3) is 0 Å². The van der Waals surface area contributed by atoms with E-state index in [2.05, 4.69) is 10.3 Å². The minimum Gasteiger partial charge on any atom is -0.394 e. The Morgan fingerprint density at radius 1 is 1.64 bits per heavy atom. The highest BCUT2D eigenvalue weighted by atomic mass is 16.5. The Morgan fingerprint density at radius 2 is 2.43 bits per heavy atom. The van der Waals surface area contributed by atoms with Crippen LogP contribution in [0, 0.1) is 0 Å². The van der Waals surface area contributed by atoms with Crippen molar-refractivity contribution < 1.29 is 4.74 Å². The van der Waals surface area contributed by atoms with Gasteiger partial charge in [0.15, 0.2) is 0 Å². The second kappa shape index (κ2) is 5.24. The molecule has 0 aromatic carbocycles. The molecule has 0 aliphatic carbocycles. The summed E-state index contributed by atoms with van der Waals surface area (Å²) in [5, 5.41) is 2.92. The van der Waals surface area contributed by atoms with Crippen LogP contribution < -0.4 is 11.1 Å². The van der Waals surface area contributed by atoms with Crippen molar-refractivity contribution >= 4 is 11.9 Å². The first kappa shape index (κ1) is 10.5. The van der Waals surface area contributed by atoms with Crippen molar-refractivity contribution in [2.45, 2.75) is 6.61 Å². The predicted octanol–water partition coefficient (Wildman–Crippen LogP) is 1.00. The summed E-state index contributed by atoms with van der Waals surface area (Å²) < 4.78 is 5.06. The van der Waals surface area contributed by atoms with Gasteiger partial charge in [0, 0.05) is 25.9 Å². The van der Waals surface area contributed by atoms with E-state index in [0.717, 1.165) is 11.1 Å². The molecule has 0 amide bonds. The van der Waals surface area contributed by atoms with Gasteiger partial charge in [-0.05, 0) is 23.9 Å². The maximum absolute atomic E-state index is 5.73. The molecule has 0 saturated heterocycles. The van der Waals surface area contributed by atoms with E-state index >= 15 is 0 Å². The number of nitrogens with two attached hydrogens (primary N) is 1. The van der Waals surface area contributed by atoms with Crippen LogP contribution in [0.4, 0.5) is 5.82 Å². The van der Waals surface area contributed by atoms with Crippen LogP contribution in [0.25, 0.3) is 6.08 Å². The van der Waals surface area contributed by atoms with E-state index in [4.69, 9.17) is 10.5 Å². The van der Waals surface area contributed by atoms with E-state index in [1.165, 1.54) is 0 Å². The molecule has 1 aromatic heterocycles. The van der Waals surface area contributed by atoms with Crippen LogP contribution in [0.5, 0.6) is 0 Å². The van der Waals surface area contributed by atoms with Gasteiger partial charge in [-0.15, -0.1) is 0 Å². The van der Waals surface area contributed by atoms with Crippen LogP contribution in [-0.4, -0.2) is 19.1 Å². The summed E-state index contributed by atoms with van der Waals surface area (Å²) in [5.41, 5.74) is 7.67. The fraction of sp³-hybridized carbons (Fsp3) is 0.300. The van der Waals surface area contributed by atoms with Crippen molar-refractivity contribution in [1.29, 1.82) is 0 Å². The number of hydrogen-bond acceptors (Lipinski definition) is 4. The van der Waals surface area contributed by atoms with Gasteiger partial charge in [0.1, 0.15) is 5.82 Å².